The van der Waals surface area contributed by atoms with Gasteiger partial charge in [0.05, 0.1) is 7.11 Å². The topological polar surface area (TPSA) is 59.1 Å². The zero-order valence-electron chi connectivity index (χ0n) is 14.8. The molecule has 0 aliphatic carbocycles. The van der Waals surface area contributed by atoms with Crippen LogP contribution < -0.4 is 15.4 Å². The van der Waals surface area contributed by atoms with Crippen molar-refractivity contribution in [1.29, 1.82) is 0 Å². The van der Waals surface area contributed by atoms with Crippen molar-refractivity contribution >= 4 is 28.9 Å². The number of ether oxygens (including phenoxy) is 1. The van der Waals surface area contributed by atoms with E-state index in [1.807, 2.05) is 49.4 Å². The van der Waals surface area contributed by atoms with Gasteiger partial charge >= 0.3 is 0 Å². The predicted octanol–water partition coefficient (Wildman–Crippen LogP) is 4.85. The van der Waals surface area contributed by atoms with E-state index < -0.39 is 0 Å². The number of para-hydroxylation sites is 1. The number of aromatic nitrogens is 2. The molecule has 0 fully saturated rings. The smallest absolute Gasteiger partial charge is 0.135 e. The number of hydrogen-bond donors (Lipinski definition) is 2. The van der Waals surface area contributed by atoms with Crippen molar-refractivity contribution in [1.82, 2.24) is 9.97 Å². The van der Waals surface area contributed by atoms with Gasteiger partial charge in [0, 0.05) is 23.3 Å². The summed E-state index contributed by atoms with van der Waals surface area (Å²) in [6, 6.07) is 15.6. The lowest BCUT2D eigenvalue weighted by Crippen LogP contribution is -2.08. The van der Waals surface area contributed by atoms with Crippen molar-refractivity contribution in [3.63, 3.8) is 0 Å². The number of halogens is 1. The Bertz CT molecular complexity index is 885. The molecule has 0 spiro atoms. The maximum absolute atomic E-state index is 6.07. The molecule has 0 radical (unpaired) electrons. The van der Waals surface area contributed by atoms with Crippen LogP contribution in [0.1, 0.15) is 11.1 Å². The Morgan fingerprint density at radius 3 is 2.69 bits per heavy atom. The lowest BCUT2D eigenvalue weighted by atomic mass is 10.1. The van der Waals surface area contributed by atoms with E-state index in [-0.39, 0.29) is 0 Å². The van der Waals surface area contributed by atoms with E-state index in [9.17, 15) is 0 Å². The second-order valence-corrected chi connectivity index (χ2v) is 6.30. The molecular formula is C20H21ClN4O. The molecule has 26 heavy (non-hydrogen) atoms. The SMILES string of the molecule is COc1ccccc1CCNc1cc(Nc2cc(Cl)ccc2C)ncn1. The number of methoxy groups -OCH3 is 1. The van der Waals surface area contributed by atoms with E-state index in [0.29, 0.717) is 10.8 Å². The van der Waals surface area contributed by atoms with Crippen LogP contribution in [0.15, 0.2) is 54.9 Å². The Morgan fingerprint density at radius 1 is 1.04 bits per heavy atom. The number of rotatable bonds is 7. The van der Waals surface area contributed by atoms with Crippen LogP contribution >= 0.6 is 11.6 Å². The van der Waals surface area contributed by atoms with E-state index in [0.717, 1.165) is 41.3 Å². The van der Waals surface area contributed by atoms with Crippen LogP contribution in [0, 0.1) is 6.92 Å². The van der Waals surface area contributed by atoms with Gasteiger partial charge in [0.2, 0.25) is 0 Å². The number of anilines is 3. The number of benzene rings is 2. The highest BCUT2D eigenvalue weighted by Gasteiger charge is 2.04. The van der Waals surface area contributed by atoms with E-state index in [4.69, 9.17) is 16.3 Å². The Morgan fingerprint density at radius 2 is 1.85 bits per heavy atom. The van der Waals surface area contributed by atoms with Gasteiger partial charge in [-0.1, -0.05) is 35.9 Å². The summed E-state index contributed by atoms with van der Waals surface area (Å²) in [7, 11) is 1.69. The van der Waals surface area contributed by atoms with Crippen LogP contribution in [-0.4, -0.2) is 23.6 Å². The quantitative estimate of drug-likeness (QED) is 0.624. The first kappa shape index (κ1) is 18.0. The average Bonchev–Trinajstić information content (AvgIpc) is 2.65. The normalized spacial score (nSPS) is 10.4. The lowest BCUT2D eigenvalue weighted by molar-refractivity contribution is 0.410. The Labute approximate surface area is 158 Å². The minimum atomic E-state index is 0.683. The number of hydrogen-bond acceptors (Lipinski definition) is 5. The van der Waals surface area contributed by atoms with Gasteiger partial charge in [0.1, 0.15) is 23.7 Å². The van der Waals surface area contributed by atoms with Crippen molar-refractivity contribution in [2.45, 2.75) is 13.3 Å². The van der Waals surface area contributed by atoms with Gasteiger partial charge in [0.15, 0.2) is 0 Å². The molecule has 0 aliphatic rings. The summed E-state index contributed by atoms with van der Waals surface area (Å²) >= 11 is 6.07. The fraction of sp³-hybridized carbons (Fsp3) is 0.200. The third-order valence-corrected chi connectivity index (χ3v) is 4.26. The van der Waals surface area contributed by atoms with Crippen LogP contribution in [0.25, 0.3) is 0 Å². The van der Waals surface area contributed by atoms with Gasteiger partial charge in [-0.3, -0.25) is 0 Å². The van der Waals surface area contributed by atoms with Gasteiger partial charge in [-0.05, 0) is 42.7 Å². The molecule has 0 amide bonds. The molecule has 1 heterocycles. The molecule has 0 saturated heterocycles. The highest BCUT2D eigenvalue weighted by Crippen LogP contribution is 2.24. The predicted molar refractivity (Wildman–Crippen MR) is 107 cm³/mol. The first-order valence-corrected chi connectivity index (χ1v) is 8.74. The van der Waals surface area contributed by atoms with E-state index in [1.54, 1.807) is 7.11 Å². The zero-order chi connectivity index (χ0) is 18.4. The van der Waals surface area contributed by atoms with Crippen LogP contribution in [0.2, 0.25) is 5.02 Å². The van der Waals surface area contributed by atoms with E-state index >= 15 is 0 Å². The molecule has 2 aromatic carbocycles. The molecule has 3 rings (SSSR count). The van der Waals surface area contributed by atoms with Crippen LogP contribution in [-0.2, 0) is 6.42 Å². The number of aryl methyl sites for hydroxylation is 1. The van der Waals surface area contributed by atoms with Gasteiger partial charge in [0.25, 0.3) is 0 Å². The lowest BCUT2D eigenvalue weighted by Gasteiger charge is -2.11. The zero-order valence-corrected chi connectivity index (χ0v) is 15.5. The molecule has 0 aliphatic heterocycles. The molecule has 2 N–H and O–H groups in total. The molecule has 6 heteroatoms. The molecule has 0 bridgehead atoms. The van der Waals surface area contributed by atoms with Gasteiger partial charge in [-0.15, -0.1) is 0 Å². The van der Waals surface area contributed by atoms with Gasteiger partial charge in [-0.25, -0.2) is 9.97 Å². The molecule has 5 nitrogen and oxygen atoms in total. The van der Waals surface area contributed by atoms with E-state index in [2.05, 4.69) is 26.7 Å². The summed E-state index contributed by atoms with van der Waals surface area (Å²) in [5.74, 6) is 2.37. The first-order valence-electron chi connectivity index (χ1n) is 8.36. The third-order valence-electron chi connectivity index (χ3n) is 4.02. The summed E-state index contributed by atoms with van der Waals surface area (Å²) in [5, 5.41) is 7.29. The highest BCUT2D eigenvalue weighted by molar-refractivity contribution is 6.30. The van der Waals surface area contributed by atoms with Crippen LogP contribution in [0.4, 0.5) is 17.3 Å². The average molecular weight is 369 g/mol. The van der Waals surface area contributed by atoms with Crippen molar-refractivity contribution in [2.75, 3.05) is 24.3 Å². The molecule has 134 valence electrons. The van der Waals surface area contributed by atoms with E-state index in [1.165, 1.54) is 6.33 Å². The largest absolute Gasteiger partial charge is 0.496 e. The molecule has 0 atom stereocenters. The summed E-state index contributed by atoms with van der Waals surface area (Å²) in [4.78, 5) is 8.55. The standard InChI is InChI=1S/C20H21ClN4O/c1-14-7-8-16(21)11-17(14)25-20-12-19(23-13-24-20)22-10-9-15-5-3-4-6-18(15)26-2/h3-8,11-13H,9-10H2,1-2H3,(H2,22,23,24,25). The summed E-state index contributed by atoms with van der Waals surface area (Å²) < 4.78 is 5.38. The number of nitrogens with zero attached hydrogens (tertiary/aromatic N) is 2. The Kier molecular flexibility index (Phi) is 5.92. The van der Waals surface area contributed by atoms with Crippen molar-refractivity contribution in [2.24, 2.45) is 0 Å². The van der Waals surface area contributed by atoms with Crippen LogP contribution in [0.3, 0.4) is 0 Å². The number of nitrogens with one attached hydrogen (secondary N) is 2. The minimum absolute atomic E-state index is 0.683. The molecule has 3 aromatic rings. The van der Waals surface area contributed by atoms with Crippen molar-refractivity contribution in [3.8, 4) is 5.75 Å². The van der Waals surface area contributed by atoms with Gasteiger partial charge < -0.3 is 15.4 Å². The van der Waals surface area contributed by atoms with Crippen LogP contribution in [0.5, 0.6) is 5.75 Å². The first-order chi connectivity index (χ1) is 12.7. The maximum Gasteiger partial charge on any atom is 0.135 e. The van der Waals surface area contributed by atoms with Crippen molar-refractivity contribution in [3.05, 3.63) is 71.0 Å². The minimum Gasteiger partial charge on any atom is -0.496 e. The summed E-state index contributed by atoms with van der Waals surface area (Å²) in [6.45, 7) is 2.76. The maximum atomic E-state index is 6.07. The molecule has 0 saturated carbocycles. The third kappa shape index (κ3) is 4.64. The monoisotopic (exact) mass is 368 g/mol. The highest BCUT2D eigenvalue weighted by atomic mass is 35.5. The second kappa shape index (κ2) is 8.54. The Balaban J connectivity index is 1.63. The fourth-order valence-electron chi connectivity index (χ4n) is 2.62. The molecule has 1 aromatic heterocycles. The van der Waals surface area contributed by atoms with Gasteiger partial charge in [-0.2, -0.15) is 0 Å². The molecule has 0 unspecified atom stereocenters. The second-order valence-electron chi connectivity index (χ2n) is 5.86. The summed E-state index contributed by atoms with van der Waals surface area (Å²) in [6.07, 6.45) is 2.37. The van der Waals surface area contributed by atoms with Crippen molar-refractivity contribution < 1.29 is 4.74 Å². The fourth-order valence-corrected chi connectivity index (χ4v) is 2.80. The molecular weight excluding hydrogens is 348 g/mol. The summed E-state index contributed by atoms with van der Waals surface area (Å²) in [5.41, 5.74) is 3.18. The Hall–Kier alpha value is -2.79.